The molecule has 1 saturated carbocycles. The predicted octanol–water partition coefficient (Wildman–Crippen LogP) is 4.27. The number of aliphatic hydroxyl groups is 1. The number of carbonyl (C=O) groups is 1. The van der Waals surface area contributed by atoms with E-state index in [0.29, 0.717) is 30.3 Å². The molecule has 3 nitrogen and oxygen atoms in total. The summed E-state index contributed by atoms with van der Waals surface area (Å²) >= 11 is 0. The fourth-order valence-corrected chi connectivity index (χ4v) is 4.90. The Hall–Kier alpha value is -1.09. The smallest absolute Gasteiger partial charge is 0.334 e. The van der Waals surface area contributed by atoms with Crippen molar-refractivity contribution in [2.75, 3.05) is 6.61 Å². The van der Waals surface area contributed by atoms with Gasteiger partial charge in [-0.3, -0.25) is 0 Å². The highest BCUT2D eigenvalue weighted by Crippen LogP contribution is 2.53. The van der Waals surface area contributed by atoms with Gasteiger partial charge in [0, 0.05) is 11.5 Å². The first-order valence-corrected chi connectivity index (χ1v) is 9.60. The lowest BCUT2D eigenvalue weighted by Crippen LogP contribution is -2.31. The fraction of sp³-hybridized carbons (Fsp3) is 0.762. The maximum Gasteiger partial charge on any atom is 0.334 e. The normalized spacial score (nSPS) is 36.7. The van der Waals surface area contributed by atoms with Crippen molar-refractivity contribution in [3.63, 3.8) is 0 Å². The summed E-state index contributed by atoms with van der Waals surface area (Å²) in [5.74, 6) is 1.87. The molecule has 1 aliphatic heterocycles. The van der Waals surface area contributed by atoms with Crippen LogP contribution in [0.15, 0.2) is 22.8 Å². The van der Waals surface area contributed by atoms with E-state index in [4.69, 9.17) is 4.74 Å². The summed E-state index contributed by atoms with van der Waals surface area (Å²) in [4.78, 5) is 12.3. The first kappa shape index (κ1) is 17.7. The summed E-state index contributed by atoms with van der Waals surface area (Å²) in [7, 11) is 0. The first-order valence-electron chi connectivity index (χ1n) is 9.60. The lowest BCUT2D eigenvalue weighted by molar-refractivity contribution is -0.136. The maximum atomic E-state index is 12.3. The molecular weight excluding hydrogens is 300 g/mol. The van der Waals surface area contributed by atoms with Crippen LogP contribution in [0.25, 0.3) is 0 Å². The molecule has 134 valence electrons. The Bertz CT molecular complexity index is 555. The van der Waals surface area contributed by atoms with Crippen molar-refractivity contribution in [3.05, 3.63) is 22.8 Å². The summed E-state index contributed by atoms with van der Waals surface area (Å²) in [6, 6.07) is 0. The number of hydrogen-bond donors (Lipinski definition) is 1. The van der Waals surface area contributed by atoms with Crippen molar-refractivity contribution in [1.29, 1.82) is 0 Å². The van der Waals surface area contributed by atoms with Crippen LogP contribution >= 0.6 is 0 Å². The van der Waals surface area contributed by atoms with Crippen molar-refractivity contribution in [2.45, 2.75) is 65.9 Å². The third kappa shape index (κ3) is 3.61. The van der Waals surface area contributed by atoms with Gasteiger partial charge in [-0.25, -0.2) is 4.79 Å². The van der Waals surface area contributed by atoms with Gasteiger partial charge in [0.2, 0.25) is 0 Å². The molecule has 3 aliphatic rings. The Kier molecular flexibility index (Phi) is 5.19. The Labute approximate surface area is 146 Å². The summed E-state index contributed by atoms with van der Waals surface area (Å²) in [6.07, 6.45) is 7.08. The molecule has 1 N–H and O–H groups in total. The fourth-order valence-electron chi connectivity index (χ4n) is 4.90. The van der Waals surface area contributed by atoms with Crippen LogP contribution < -0.4 is 0 Å². The van der Waals surface area contributed by atoms with Gasteiger partial charge in [-0.2, -0.15) is 0 Å². The second-order valence-electron chi connectivity index (χ2n) is 8.62. The number of rotatable bonds is 4. The minimum absolute atomic E-state index is 0.0683. The molecule has 0 saturated heterocycles. The highest BCUT2D eigenvalue weighted by molar-refractivity contribution is 5.93. The molecule has 0 aromatic heterocycles. The van der Waals surface area contributed by atoms with Gasteiger partial charge in [0.15, 0.2) is 0 Å². The van der Waals surface area contributed by atoms with Gasteiger partial charge in [-0.05, 0) is 75.2 Å². The van der Waals surface area contributed by atoms with Crippen molar-refractivity contribution >= 4 is 5.97 Å². The molecule has 0 radical (unpaired) electrons. The Morgan fingerprint density at radius 2 is 2.08 bits per heavy atom. The molecule has 0 amide bonds. The van der Waals surface area contributed by atoms with Crippen molar-refractivity contribution in [2.24, 2.45) is 29.6 Å². The van der Waals surface area contributed by atoms with E-state index in [1.54, 1.807) is 0 Å². The van der Waals surface area contributed by atoms with Crippen LogP contribution in [0, 0.1) is 29.6 Å². The number of cyclic esters (lactones) is 1. The zero-order chi connectivity index (χ0) is 17.4. The molecule has 0 spiro atoms. The second-order valence-corrected chi connectivity index (χ2v) is 8.62. The van der Waals surface area contributed by atoms with E-state index >= 15 is 0 Å². The van der Waals surface area contributed by atoms with E-state index in [2.05, 4.69) is 33.8 Å². The molecule has 3 heteroatoms. The summed E-state index contributed by atoms with van der Waals surface area (Å²) in [6.45, 7) is 9.13. The molecule has 0 bridgehead atoms. The zero-order valence-corrected chi connectivity index (χ0v) is 15.5. The monoisotopic (exact) mass is 332 g/mol. The van der Waals surface area contributed by atoms with Crippen molar-refractivity contribution in [1.82, 2.24) is 0 Å². The molecule has 3 rings (SSSR count). The standard InChI is InChI=1S/C21H32O3/c1-12(2)6-5-7-14(4)19-17-11-24-21(23)20(17)16-10-15(16)8-13(3)9-18(19)22/h6,13-16,18-19,22H,5,7-11H2,1-4H3/t13-,14+,15+,16-,18+,19+/m0/s1. The van der Waals surface area contributed by atoms with Crippen molar-refractivity contribution in [3.8, 4) is 0 Å². The first-order chi connectivity index (χ1) is 11.4. The highest BCUT2D eigenvalue weighted by atomic mass is 16.5. The zero-order valence-electron chi connectivity index (χ0n) is 15.5. The largest absolute Gasteiger partial charge is 0.458 e. The number of fused-ring (bicyclic) bond motifs is 2. The molecule has 6 atom stereocenters. The molecule has 24 heavy (non-hydrogen) atoms. The van der Waals surface area contributed by atoms with E-state index in [1.165, 1.54) is 5.57 Å². The number of esters is 1. The average molecular weight is 332 g/mol. The van der Waals surface area contributed by atoms with Crippen molar-refractivity contribution < 1.29 is 14.6 Å². The van der Waals surface area contributed by atoms with Crippen LogP contribution in [0.2, 0.25) is 0 Å². The van der Waals surface area contributed by atoms with E-state index in [0.717, 1.165) is 43.3 Å². The van der Waals surface area contributed by atoms with Crippen LogP contribution in [0.1, 0.15) is 59.8 Å². The van der Waals surface area contributed by atoms with Crippen LogP contribution in [0.5, 0.6) is 0 Å². The Morgan fingerprint density at radius 3 is 2.79 bits per heavy atom. The van der Waals surface area contributed by atoms with Crippen LogP contribution in [-0.4, -0.2) is 23.8 Å². The Morgan fingerprint density at radius 1 is 1.33 bits per heavy atom. The predicted molar refractivity (Wildman–Crippen MR) is 95.3 cm³/mol. The summed E-state index contributed by atoms with van der Waals surface area (Å²) < 4.78 is 5.41. The molecule has 0 unspecified atom stereocenters. The van der Waals surface area contributed by atoms with Gasteiger partial charge >= 0.3 is 5.97 Å². The number of allylic oxidation sites excluding steroid dienone is 2. The van der Waals surface area contributed by atoms with Gasteiger partial charge < -0.3 is 9.84 Å². The van der Waals surface area contributed by atoms with E-state index in [9.17, 15) is 9.90 Å². The number of aliphatic hydroxyl groups excluding tert-OH is 1. The third-order valence-corrected chi connectivity index (χ3v) is 6.17. The Balaban J connectivity index is 1.86. The van der Waals surface area contributed by atoms with E-state index in [1.807, 2.05) is 0 Å². The summed E-state index contributed by atoms with van der Waals surface area (Å²) in [5, 5.41) is 11.0. The molecule has 2 aliphatic carbocycles. The summed E-state index contributed by atoms with van der Waals surface area (Å²) in [5.41, 5.74) is 3.40. The van der Waals surface area contributed by atoms with E-state index in [-0.39, 0.29) is 18.0 Å². The second kappa shape index (κ2) is 7.03. The third-order valence-electron chi connectivity index (χ3n) is 6.17. The van der Waals surface area contributed by atoms with Crippen LogP contribution in [0.3, 0.4) is 0 Å². The van der Waals surface area contributed by atoms with Gasteiger partial charge in [0.1, 0.15) is 6.61 Å². The number of hydrogen-bond acceptors (Lipinski definition) is 3. The molecule has 0 aromatic rings. The van der Waals surface area contributed by atoms with Crippen LogP contribution in [0.4, 0.5) is 0 Å². The molecule has 1 heterocycles. The molecular formula is C21H32O3. The molecule has 0 aromatic carbocycles. The quantitative estimate of drug-likeness (QED) is 0.618. The SMILES string of the molecule is CC(C)=CCC[C@@H](C)[C@@H]1C2=C(C(=O)OC2)[C@H]2C[C@H]2C[C@H](C)C[C@H]1O. The van der Waals surface area contributed by atoms with E-state index < -0.39 is 0 Å². The van der Waals surface area contributed by atoms with Gasteiger partial charge in [0.25, 0.3) is 0 Å². The number of ether oxygens (including phenoxy) is 1. The topological polar surface area (TPSA) is 46.5 Å². The highest BCUT2D eigenvalue weighted by Gasteiger charge is 2.50. The van der Waals surface area contributed by atoms with Crippen LogP contribution in [-0.2, 0) is 9.53 Å². The lowest BCUT2D eigenvalue weighted by Gasteiger charge is -2.31. The minimum atomic E-state index is -0.362. The maximum absolute atomic E-state index is 12.3. The number of carbonyl (C=O) groups excluding carboxylic acids is 1. The minimum Gasteiger partial charge on any atom is -0.458 e. The van der Waals surface area contributed by atoms with Gasteiger partial charge in [0.05, 0.1) is 6.10 Å². The lowest BCUT2D eigenvalue weighted by atomic mass is 9.76. The van der Waals surface area contributed by atoms with Gasteiger partial charge in [-0.1, -0.05) is 25.5 Å². The average Bonchev–Trinajstić information content (AvgIpc) is 3.10. The molecule has 1 fully saturated rings. The van der Waals surface area contributed by atoms with Gasteiger partial charge in [-0.15, -0.1) is 0 Å².